The molecule has 0 aliphatic carbocycles. The van der Waals surface area contributed by atoms with Crippen LogP contribution in [0.3, 0.4) is 0 Å². The normalized spacial score (nSPS) is 14.6. The summed E-state index contributed by atoms with van der Waals surface area (Å²) >= 11 is 0. The molecule has 9 heteroatoms. The number of nitrogens with zero attached hydrogens (tertiary/aromatic N) is 3. The fraction of sp³-hybridized carbons (Fsp3) is 0.273. The second kappa shape index (κ2) is 8.35. The average Bonchev–Trinajstić information content (AvgIpc) is 2.76. The maximum atomic E-state index is 15.0. The second-order valence-corrected chi connectivity index (χ2v) is 7.41. The van der Waals surface area contributed by atoms with Crippen LogP contribution in [0.15, 0.2) is 35.1 Å². The lowest BCUT2D eigenvalue weighted by Crippen LogP contribution is -2.28. The number of fused-ring (bicyclic) bond motifs is 1. The largest absolute Gasteiger partial charge is 0.364 e. The van der Waals surface area contributed by atoms with Gasteiger partial charge in [-0.15, -0.1) is 0 Å². The number of pyridine rings is 1. The number of rotatable bonds is 5. The summed E-state index contributed by atoms with van der Waals surface area (Å²) in [5.74, 6) is -2.01. The lowest BCUT2D eigenvalue weighted by atomic mass is 10.00. The number of hydrogen-bond acceptors (Lipinski definition) is 5. The van der Waals surface area contributed by atoms with Crippen molar-refractivity contribution in [2.75, 3.05) is 13.1 Å². The minimum atomic E-state index is -0.783. The van der Waals surface area contributed by atoms with Crippen molar-refractivity contribution in [1.29, 1.82) is 0 Å². The summed E-state index contributed by atoms with van der Waals surface area (Å²) in [7, 11) is 0. The van der Waals surface area contributed by atoms with Gasteiger partial charge in [0.05, 0.1) is 5.52 Å². The van der Waals surface area contributed by atoms with E-state index in [9.17, 15) is 18.4 Å². The number of nitrogens with one attached hydrogen (secondary N) is 1. The monoisotopic (exact) mass is 425 g/mol. The van der Waals surface area contributed by atoms with E-state index < -0.39 is 17.7 Å². The van der Waals surface area contributed by atoms with Gasteiger partial charge in [-0.25, -0.2) is 14.4 Å². The van der Waals surface area contributed by atoms with Crippen molar-refractivity contribution in [3.05, 3.63) is 75.0 Å². The Hall–Kier alpha value is -3.46. The van der Waals surface area contributed by atoms with Gasteiger partial charge in [-0.2, -0.15) is 4.39 Å². The van der Waals surface area contributed by atoms with E-state index >= 15 is 0 Å². The Morgan fingerprint density at radius 1 is 1.23 bits per heavy atom. The molecule has 4 rings (SSSR count). The summed E-state index contributed by atoms with van der Waals surface area (Å²) in [5, 5.41) is 0. The summed E-state index contributed by atoms with van der Waals surface area (Å²) in [5.41, 5.74) is 7.08. The lowest BCUT2D eigenvalue weighted by molar-refractivity contribution is 0.0994. The summed E-state index contributed by atoms with van der Waals surface area (Å²) in [6, 6.07) is 6.28. The number of benzene rings is 1. The van der Waals surface area contributed by atoms with Crippen LogP contribution in [-0.2, 0) is 13.0 Å². The van der Waals surface area contributed by atoms with Crippen molar-refractivity contribution in [2.24, 2.45) is 5.73 Å². The fourth-order valence-electron chi connectivity index (χ4n) is 3.72. The van der Waals surface area contributed by atoms with Gasteiger partial charge in [-0.3, -0.25) is 14.5 Å². The first kappa shape index (κ1) is 20.8. The molecule has 3 heterocycles. The molecule has 1 aliphatic rings. The van der Waals surface area contributed by atoms with Crippen LogP contribution in [0.4, 0.5) is 8.78 Å². The van der Waals surface area contributed by atoms with Crippen molar-refractivity contribution < 1.29 is 13.6 Å². The molecule has 0 bridgehead atoms. The molecular weight excluding hydrogens is 404 g/mol. The molecule has 0 radical (unpaired) electrons. The number of carbonyl (C=O) groups is 1. The van der Waals surface area contributed by atoms with E-state index in [-0.39, 0.29) is 16.8 Å². The number of hydrogen-bond donors (Lipinski definition) is 2. The second-order valence-electron chi connectivity index (χ2n) is 7.41. The number of nitrogens with two attached hydrogens (primary N) is 1. The summed E-state index contributed by atoms with van der Waals surface area (Å²) in [6.45, 7) is 3.24. The maximum Gasteiger partial charge on any atom is 0.270 e. The number of halogens is 2. The molecule has 1 amide bonds. The number of primary amides is 1. The number of amides is 1. The van der Waals surface area contributed by atoms with E-state index in [2.05, 4.69) is 15.0 Å². The fourth-order valence-corrected chi connectivity index (χ4v) is 3.72. The molecule has 3 N–H and O–H groups in total. The predicted octanol–water partition coefficient (Wildman–Crippen LogP) is 2.55. The first-order valence-corrected chi connectivity index (χ1v) is 9.95. The van der Waals surface area contributed by atoms with E-state index in [0.29, 0.717) is 54.8 Å². The molecule has 1 aromatic carbocycles. The Kier molecular flexibility index (Phi) is 5.60. The molecule has 0 saturated carbocycles. The van der Waals surface area contributed by atoms with Crippen LogP contribution in [0.5, 0.6) is 0 Å². The molecule has 7 nitrogen and oxygen atoms in total. The highest BCUT2D eigenvalue weighted by atomic mass is 19.1. The SMILES string of the molecule is CCc1nc2ccc(CN3CC=C(c4ccc(C(N)=O)nc4F)CC3)c(F)c2[nH]c1=O. The van der Waals surface area contributed by atoms with Crippen molar-refractivity contribution in [3.63, 3.8) is 0 Å². The first-order chi connectivity index (χ1) is 14.9. The van der Waals surface area contributed by atoms with Crippen LogP contribution in [0.1, 0.15) is 40.7 Å². The molecule has 0 fully saturated rings. The van der Waals surface area contributed by atoms with Crippen molar-refractivity contribution in [2.45, 2.75) is 26.3 Å². The molecule has 0 spiro atoms. The Morgan fingerprint density at radius 2 is 2.03 bits per heavy atom. The minimum absolute atomic E-state index is 0.107. The standard InChI is InChI=1S/C22H21F2N5O2/c1-2-15-22(31)28-19-16(26-15)5-3-13(18(19)23)11-29-9-7-12(8-10-29)14-4-6-17(21(25)30)27-20(14)24/h3-7H,2,8-11H2,1H3,(H2,25,30)(H,28,31). The maximum absolute atomic E-state index is 15.0. The molecule has 0 atom stereocenters. The highest BCUT2D eigenvalue weighted by Crippen LogP contribution is 2.26. The number of aromatic nitrogens is 3. The molecule has 2 aromatic heterocycles. The Labute approximate surface area is 176 Å². The van der Waals surface area contributed by atoms with E-state index in [1.165, 1.54) is 12.1 Å². The zero-order chi connectivity index (χ0) is 22.1. The Balaban J connectivity index is 1.53. The highest BCUT2D eigenvalue weighted by molar-refractivity contribution is 5.91. The van der Waals surface area contributed by atoms with Gasteiger partial charge in [0.2, 0.25) is 5.95 Å². The van der Waals surface area contributed by atoms with E-state index in [1.807, 2.05) is 17.9 Å². The van der Waals surface area contributed by atoms with Gasteiger partial charge in [0.1, 0.15) is 16.9 Å². The number of aromatic amines is 1. The van der Waals surface area contributed by atoms with Crippen molar-refractivity contribution in [3.8, 4) is 0 Å². The topological polar surface area (TPSA) is 105 Å². The van der Waals surface area contributed by atoms with E-state index in [1.54, 1.807) is 12.1 Å². The van der Waals surface area contributed by atoms with Gasteiger partial charge >= 0.3 is 0 Å². The summed E-state index contributed by atoms with van der Waals surface area (Å²) < 4.78 is 29.3. The van der Waals surface area contributed by atoms with Crippen LogP contribution in [0, 0.1) is 11.8 Å². The molecule has 160 valence electrons. The van der Waals surface area contributed by atoms with Gasteiger partial charge in [0.25, 0.3) is 11.5 Å². The summed E-state index contributed by atoms with van der Waals surface area (Å²) in [4.78, 5) is 35.6. The molecule has 3 aromatic rings. The zero-order valence-corrected chi connectivity index (χ0v) is 16.9. The molecule has 0 unspecified atom stereocenters. The zero-order valence-electron chi connectivity index (χ0n) is 16.9. The van der Waals surface area contributed by atoms with Crippen LogP contribution in [0.2, 0.25) is 0 Å². The van der Waals surface area contributed by atoms with Crippen LogP contribution in [-0.4, -0.2) is 38.8 Å². The van der Waals surface area contributed by atoms with E-state index in [4.69, 9.17) is 5.73 Å². The summed E-state index contributed by atoms with van der Waals surface area (Å²) in [6.07, 6.45) is 2.88. The predicted molar refractivity (Wildman–Crippen MR) is 112 cm³/mol. The molecule has 31 heavy (non-hydrogen) atoms. The van der Waals surface area contributed by atoms with Crippen LogP contribution >= 0.6 is 0 Å². The van der Waals surface area contributed by atoms with Gasteiger partial charge in [-0.1, -0.05) is 19.1 Å². The Bertz CT molecular complexity index is 1270. The third-order valence-corrected chi connectivity index (χ3v) is 5.43. The quantitative estimate of drug-likeness (QED) is 0.612. The molecule has 1 aliphatic heterocycles. The number of H-pyrrole nitrogens is 1. The first-order valence-electron chi connectivity index (χ1n) is 9.95. The van der Waals surface area contributed by atoms with Crippen LogP contribution < -0.4 is 11.3 Å². The average molecular weight is 425 g/mol. The van der Waals surface area contributed by atoms with Crippen molar-refractivity contribution in [1.82, 2.24) is 19.9 Å². The highest BCUT2D eigenvalue weighted by Gasteiger charge is 2.19. The number of carbonyl (C=O) groups excluding carboxylic acids is 1. The molecular formula is C22H21F2N5O2. The number of aryl methyl sites for hydroxylation is 1. The minimum Gasteiger partial charge on any atom is -0.364 e. The van der Waals surface area contributed by atoms with Gasteiger partial charge in [0.15, 0.2) is 5.82 Å². The van der Waals surface area contributed by atoms with Gasteiger partial charge < -0.3 is 10.7 Å². The van der Waals surface area contributed by atoms with Crippen molar-refractivity contribution >= 4 is 22.5 Å². The third kappa shape index (κ3) is 4.09. The van der Waals surface area contributed by atoms with E-state index in [0.717, 1.165) is 5.57 Å². The Morgan fingerprint density at radius 3 is 2.68 bits per heavy atom. The third-order valence-electron chi connectivity index (χ3n) is 5.43. The smallest absolute Gasteiger partial charge is 0.270 e. The lowest BCUT2D eigenvalue weighted by Gasteiger charge is -2.26. The van der Waals surface area contributed by atoms with Gasteiger partial charge in [-0.05, 0) is 36.6 Å². The van der Waals surface area contributed by atoms with Gasteiger partial charge in [0, 0.05) is 30.8 Å². The molecule has 0 saturated heterocycles. The van der Waals surface area contributed by atoms with Crippen LogP contribution in [0.25, 0.3) is 16.6 Å².